The summed E-state index contributed by atoms with van der Waals surface area (Å²) in [5, 5.41) is 0. The van der Waals surface area contributed by atoms with E-state index in [1.165, 1.54) is 18.2 Å². The molecule has 0 N–H and O–H groups in total. The molecule has 1 unspecified atom stereocenters. The lowest BCUT2D eigenvalue weighted by Gasteiger charge is -2.23. The Morgan fingerprint density at radius 1 is 1.59 bits per heavy atom. The number of hydrogen-bond acceptors (Lipinski definition) is 4. The van der Waals surface area contributed by atoms with Gasteiger partial charge in [-0.1, -0.05) is 6.07 Å². The maximum absolute atomic E-state index is 13.5. The molecular formula is C12H11FO4. The van der Waals surface area contributed by atoms with Gasteiger partial charge in [-0.25, -0.2) is 14.0 Å². The van der Waals surface area contributed by atoms with Gasteiger partial charge >= 0.3 is 11.9 Å². The highest BCUT2D eigenvalue weighted by atomic mass is 19.1. The molecule has 1 heterocycles. The average molecular weight is 238 g/mol. The van der Waals surface area contributed by atoms with Crippen molar-refractivity contribution < 1.29 is 23.5 Å². The highest BCUT2D eigenvalue weighted by Crippen LogP contribution is 2.23. The van der Waals surface area contributed by atoms with E-state index in [4.69, 9.17) is 9.47 Å². The fourth-order valence-corrected chi connectivity index (χ4v) is 1.74. The Morgan fingerprint density at radius 3 is 3.06 bits per heavy atom. The van der Waals surface area contributed by atoms with E-state index < -0.39 is 23.9 Å². The van der Waals surface area contributed by atoms with Crippen LogP contribution in [0.15, 0.2) is 18.2 Å². The molecule has 1 aromatic carbocycles. The molecule has 0 aromatic heterocycles. The number of carbonyl (C=O) groups is 2. The predicted octanol–water partition coefficient (Wildman–Crippen LogP) is 1.47. The lowest BCUT2D eigenvalue weighted by atomic mass is 9.98. The van der Waals surface area contributed by atoms with E-state index in [2.05, 4.69) is 0 Å². The first-order valence-electron chi connectivity index (χ1n) is 5.28. The van der Waals surface area contributed by atoms with E-state index >= 15 is 0 Å². The summed E-state index contributed by atoms with van der Waals surface area (Å²) in [6.07, 6.45) is -1.03. The van der Waals surface area contributed by atoms with Crippen molar-refractivity contribution in [2.24, 2.45) is 0 Å². The standard InChI is InChI=1S/C12H11FO4/c1-2-16-12(15)10-6-8-7(11(14)17-10)4-3-5-9(8)13/h3-5,10H,2,6H2,1H3. The highest BCUT2D eigenvalue weighted by Gasteiger charge is 2.33. The molecule has 0 fully saturated rings. The Bertz CT molecular complexity index is 470. The van der Waals surface area contributed by atoms with Crippen LogP contribution in [0.2, 0.25) is 0 Å². The smallest absolute Gasteiger partial charge is 0.347 e. The van der Waals surface area contributed by atoms with Crippen molar-refractivity contribution in [3.05, 3.63) is 35.1 Å². The van der Waals surface area contributed by atoms with E-state index in [1.54, 1.807) is 6.92 Å². The Hall–Kier alpha value is -1.91. The third-order valence-electron chi connectivity index (χ3n) is 2.53. The van der Waals surface area contributed by atoms with Gasteiger partial charge in [0, 0.05) is 12.0 Å². The molecule has 4 nitrogen and oxygen atoms in total. The van der Waals surface area contributed by atoms with Crippen LogP contribution in [-0.4, -0.2) is 24.6 Å². The summed E-state index contributed by atoms with van der Waals surface area (Å²) >= 11 is 0. The fourth-order valence-electron chi connectivity index (χ4n) is 1.74. The van der Waals surface area contributed by atoms with Crippen molar-refractivity contribution in [2.45, 2.75) is 19.4 Å². The normalized spacial score (nSPS) is 18.2. The summed E-state index contributed by atoms with van der Waals surface area (Å²) in [7, 11) is 0. The number of rotatable bonds is 2. The first kappa shape index (κ1) is 11.6. The Kier molecular flexibility index (Phi) is 3.08. The molecule has 0 spiro atoms. The summed E-state index contributed by atoms with van der Waals surface area (Å²) in [5.41, 5.74) is 0.382. The van der Waals surface area contributed by atoms with Crippen LogP contribution >= 0.6 is 0 Å². The lowest BCUT2D eigenvalue weighted by Crippen LogP contribution is -2.36. The van der Waals surface area contributed by atoms with Crippen LogP contribution in [-0.2, 0) is 20.7 Å². The molecule has 0 aliphatic carbocycles. The summed E-state index contributed by atoms with van der Waals surface area (Å²) in [5.74, 6) is -1.84. The van der Waals surface area contributed by atoms with Crippen molar-refractivity contribution in [1.82, 2.24) is 0 Å². The van der Waals surface area contributed by atoms with Gasteiger partial charge in [0.05, 0.1) is 12.2 Å². The SMILES string of the molecule is CCOC(=O)C1Cc2c(F)cccc2C(=O)O1. The molecule has 17 heavy (non-hydrogen) atoms. The topological polar surface area (TPSA) is 52.6 Å². The molecule has 0 radical (unpaired) electrons. The molecule has 1 aliphatic rings. The molecule has 90 valence electrons. The van der Waals surface area contributed by atoms with Crippen molar-refractivity contribution in [3.8, 4) is 0 Å². The summed E-state index contributed by atoms with van der Waals surface area (Å²) in [6, 6.07) is 4.15. The number of esters is 2. The largest absolute Gasteiger partial charge is 0.463 e. The lowest BCUT2D eigenvalue weighted by molar-refractivity contribution is -0.153. The van der Waals surface area contributed by atoms with Crippen LogP contribution < -0.4 is 0 Å². The minimum absolute atomic E-state index is 0.0204. The number of ether oxygens (including phenoxy) is 2. The zero-order chi connectivity index (χ0) is 12.4. The number of fused-ring (bicyclic) bond motifs is 1. The van der Waals surface area contributed by atoms with Gasteiger partial charge in [-0.05, 0) is 19.1 Å². The molecule has 1 aliphatic heterocycles. The second-order valence-electron chi connectivity index (χ2n) is 3.62. The van der Waals surface area contributed by atoms with Gasteiger partial charge in [-0.3, -0.25) is 0 Å². The molecule has 0 amide bonds. The molecule has 0 saturated carbocycles. The zero-order valence-electron chi connectivity index (χ0n) is 9.23. The fraction of sp³-hybridized carbons (Fsp3) is 0.333. The van der Waals surface area contributed by atoms with Crippen LogP contribution in [0.4, 0.5) is 4.39 Å². The zero-order valence-corrected chi connectivity index (χ0v) is 9.23. The van der Waals surface area contributed by atoms with Gasteiger partial charge in [0.25, 0.3) is 0 Å². The van der Waals surface area contributed by atoms with Gasteiger partial charge in [0.2, 0.25) is 6.10 Å². The van der Waals surface area contributed by atoms with Crippen LogP contribution in [0.3, 0.4) is 0 Å². The number of hydrogen-bond donors (Lipinski definition) is 0. The second-order valence-corrected chi connectivity index (χ2v) is 3.62. The van der Waals surface area contributed by atoms with Crippen LogP contribution in [0.5, 0.6) is 0 Å². The first-order chi connectivity index (χ1) is 8.13. The molecule has 1 atom stereocenters. The highest BCUT2D eigenvalue weighted by molar-refractivity contribution is 5.94. The van der Waals surface area contributed by atoms with Gasteiger partial charge < -0.3 is 9.47 Å². The summed E-state index contributed by atoms with van der Waals surface area (Å²) in [6.45, 7) is 1.84. The van der Waals surface area contributed by atoms with Crippen molar-refractivity contribution in [1.29, 1.82) is 0 Å². The third kappa shape index (κ3) is 2.13. The maximum Gasteiger partial charge on any atom is 0.347 e. The number of cyclic esters (lactones) is 1. The quantitative estimate of drug-likeness (QED) is 0.732. The minimum atomic E-state index is -1.05. The molecule has 1 aromatic rings. The second kappa shape index (κ2) is 4.53. The molecule has 0 saturated heterocycles. The Labute approximate surface area is 97.3 Å². The maximum atomic E-state index is 13.5. The predicted molar refractivity (Wildman–Crippen MR) is 55.9 cm³/mol. The number of halogens is 1. The minimum Gasteiger partial charge on any atom is -0.463 e. The molecule has 2 rings (SSSR count). The summed E-state index contributed by atoms with van der Waals surface area (Å²) in [4.78, 5) is 23.0. The summed E-state index contributed by atoms with van der Waals surface area (Å²) < 4.78 is 23.2. The van der Waals surface area contributed by atoms with Crippen molar-refractivity contribution in [2.75, 3.05) is 6.61 Å². The van der Waals surface area contributed by atoms with Crippen LogP contribution in [0, 0.1) is 5.82 Å². The average Bonchev–Trinajstić information content (AvgIpc) is 2.30. The number of benzene rings is 1. The Balaban J connectivity index is 2.29. The number of carbonyl (C=O) groups excluding carboxylic acids is 2. The van der Waals surface area contributed by atoms with E-state index in [0.717, 1.165) is 0 Å². The van der Waals surface area contributed by atoms with E-state index in [-0.39, 0.29) is 24.2 Å². The molecular weight excluding hydrogens is 227 g/mol. The van der Waals surface area contributed by atoms with Gasteiger partial charge in [-0.2, -0.15) is 0 Å². The Morgan fingerprint density at radius 2 is 2.35 bits per heavy atom. The van der Waals surface area contributed by atoms with Crippen molar-refractivity contribution in [3.63, 3.8) is 0 Å². The van der Waals surface area contributed by atoms with E-state index in [1.807, 2.05) is 0 Å². The molecule has 5 heteroatoms. The van der Waals surface area contributed by atoms with Crippen LogP contribution in [0.1, 0.15) is 22.8 Å². The first-order valence-corrected chi connectivity index (χ1v) is 5.28. The molecule has 0 bridgehead atoms. The third-order valence-corrected chi connectivity index (χ3v) is 2.53. The van der Waals surface area contributed by atoms with Gasteiger partial charge in [0.15, 0.2) is 0 Å². The monoisotopic (exact) mass is 238 g/mol. The van der Waals surface area contributed by atoms with Gasteiger partial charge in [-0.15, -0.1) is 0 Å². The van der Waals surface area contributed by atoms with E-state index in [9.17, 15) is 14.0 Å². The van der Waals surface area contributed by atoms with E-state index in [0.29, 0.717) is 0 Å². The van der Waals surface area contributed by atoms with Crippen molar-refractivity contribution >= 4 is 11.9 Å². The van der Waals surface area contributed by atoms with Crippen LogP contribution in [0.25, 0.3) is 0 Å². The van der Waals surface area contributed by atoms with Gasteiger partial charge in [0.1, 0.15) is 5.82 Å².